The van der Waals surface area contributed by atoms with Crippen LogP contribution in [0.4, 0.5) is 13.2 Å². The zero-order chi connectivity index (χ0) is 14.5. The second kappa shape index (κ2) is 6.94. The molecule has 1 N–H and O–H groups in total. The van der Waals surface area contributed by atoms with Crippen LogP contribution in [-0.2, 0) is 12.8 Å². The maximum absolute atomic E-state index is 13.1. The highest BCUT2D eigenvalue weighted by atomic mass is 19.4. The van der Waals surface area contributed by atoms with Crippen LogP contribution in [0, 0.1) is 0 Å². The number of hydrogen-bond acceptors (Lipinski definition) is 1. The van der Waals surface area contributed by atoms with E-state index in [9.17, 15) is 13.2 Å². The molecule has 1 aromatic carbocycles. The van der Waals surface area contributed by atoms with Crippen LogP contribution in [0.2, 0.25) is 0 Å². The van der Waals surface area contributed by atoms with E-state index in [0.29, 0.717) is 18.5 Å². The van der Waals surface area contributed by atoms with Gasteiger partial charge >= 0.3 is 6.18 Å². The number of alkyl halides is 3. The van der Waals surface area contributed by atoms with Gasteiger partial charge < -0.3 is 5.32 Å². The lowest BCUT2D eigenvalue weighted by Crippen LogP contribution is -2.34. The van der Waals surface area contributed by atoms with E-state index in [0.717, 1.165) is 24.0 Å². The Morgan fingerprint density at radius 2 is 1.68 bits per heavy atom. The van der Waals surface area contributed by atoms with Crippen LogP contribution in [0.5, 0.6) is 0 Å². The van der Waals surface area contributed by atoms with E-state index in [1.807, 2.05) is 26.8 Å². The number of rotatable bonds is 6. The molecule has 0 fully saturated rings. The van der Waals surface area contributed by atoms with Gasteiger partial charge in [-0.3, -0.25) is 0 Å². The van der Waals surface area contributed by atoms with Crippen LogP contribution in [0.25, 0.3) is 0 Å². The monoisotopic (exact) mass is 273 g/mol. The topological polar surface area (TPSA) is 12.0 Å². The normalized spacial score (nSPS) is 13.6. The molecule has 4 heteroatoms. The van der Waals surface area contributed by atoms with E-state index in [1.54, 1.807) is 12.1 Å². The Morgan fingerprint density at radius 1 is 1.05 bits per heavy atom. The molecule has 0 bridgehead atoms. The van der Waals surface area contributed by atoms with Gasteiger partial charge in [-0.1, -0.05) is 39.0 Å². The predicted molar refractivity (Wildman–Crippen MR) is 72.3 cm³/mol. The molecule has 1 nitrogen and oxygen atoms in total. The lowest BCUT2D eigenvalue weighted by atomic mass is 9.96. The molecule has 0 aliphatic carbocycles. The summed E-state index contributed by atoms with van der Waals surface area (Å²) in [6.07, 6.45) is -1.97. The van der Waals surface area contributed by atoms with E-state index in [1.165, 1.54) is 0 Å². The van der Waals surface area contributed by atoms with Crippen molar-refractivity contribution in [2.75, 3.05) is 6.54 Å². The van der Waals surface area contributed by atoms with Gasteiger partial charge in [0.1, 0.15) is 6.04 Å². The molecule has 0 aliphatic heterocycles. The average Bonchev–Trinajstić information content (AvgIpc) is 2.37. The summed E-state index contributed by atoms with van der Waals surface area (Å²) in [7, 11) is 0. The Labute approximate surface area is 113 Å². The minimum absolute atomic E-state index is 0.315. The molecule has 1 atom stereocenters. The van der Waals surface area contributed by atoms with Gasteiger partial charge in [0.2, 0.25) is 0 Å². The smallest absolute Gasteiger partial charge is 0.302 e. The number of hydrogen-bond donors (Lipinski definition) is 1. The van der Waals surface area contributed by atoms with E-state index < -0.39 is 12.2 Å². The van der Waals surface area contributed by atoms with Crippen molar-refractivity contribution >= 4 is 0 Å². The van der Waals surface area contributed by atoms with Gasteiger partial charge in [0.15, 0.2) is 0 Å². The minimum Gasteiger partial charge on any atom is -0.302 e. The third-order valence-corrected chi connectivity index (χ3v) is 3.25. The van der Waals surface area contributed by atoms with E-state index in [4.69, 9.17) is 0 Å². The van der Waals surface area contributed by atoms with E-state index >= 15 is 0 Å². The molecule has 1 rings (SSSR count). The summed E-state index contributed by atoms with van der Waals surface area (Å²) in [5.41, 5.74) is 2.45. The van der Waals surface area contributed by atoms with Crippen LogP contribution in [-0.4, -0.2) is 12.7 Å². The first-order chi connectivity index (χ1) is 8.93. The Morgan fingerprint density at radius 3 is 2.16 bits per heavy atom. The van der Waals surface area contributed by atoms with Gasteiger partial charge in [-0.25, -0.2) is 0 Å². The lowest BCUT2D eigenvalue weighted by Gasteiger charge is -2.23. The molecule has 108 valence electrons. The number of benzene rings is 1. The van der Waals surface area contributed by atoms with Crippen molar-refractivity contribution in [3.63, 3.8) is 0 Å². The highest BCUT2D eigenvalue weighted by Crippen LogP contribution is 2.33. The second-order valence-corrected chi connectivity index (χ2v) is 4.66. The summed E-state index contributed by atoms with van der Waals surface area (Å²) in [6.45, 7) is 6.21. The first-order valence-electron chi connectivity index (χ1n) is 6.85. The average molecular weight is 273 g/mol. The number of nitrogens with one attached hydrogen (secondary N) is 1. The molecular formula is C15H22F3N. The molecule has 0 heterocycles. The fourth-order valence-corrected chi connectivity index (χ4v) is 2.21. The highest BCUT2D eigenvalue weighted by Gasteiger charge is 2.40. The van der Waals surface area contributed by atoms with Gasteiger partial charge in [0, 0.05) is 0 Å². The molecule has 1 aromatic rings. The first-order valence-corrected chi connectivity index (χ1v) is 6.85. The van der Waals surface area contributed by atoms with Crippen LogP contribution in [0.3, 0.4) is 0 Å². The van der Waals surface area contributed by atoms with Crippen molar-refractivity contribution in [2.45, 2.75) is 52.3 Å². The van der Waals surface area contributed by atoms with E-state index in [2.05, 4.69) is 5.32 Å². The second-order valence-electron chi connectivity index (χ2n) is 4.66. The highest BCUT2D eigenvalue weighted by molar-refractivity contribution is 5.34. The molecule has 0 aliphatic rings. The van der Waals surface area contributed by atoms with Gasteiger partial charge in [-0.2, -0.15) is 13.2 Å². The van der Waals surface area contributed by atoms with Crippen molar-refractivity contribution in [1.82, 2.24) is 5.32 Å². The summed E-state index contributed by atoms with van der Waals surface area (Å²) in [6, 6.07) is 3.54. The molecule has 0 amide bonds. The molecule has 0 saturated carbocycles. The Bertz CT molecular complexity index is 399. The summed E-state index contributed by atoms with van der Waals surface area (Å²) < 4.78 is 39.3. The van der Waals surface area contributed by atoms with Gasteiger partial charge in [0.25, 0.3) is 0 Å². The molecule has 1 unspecified atom stereocenters. The Kier molecular flexibility index (Phi) is 5.85. The van der Waals surface area contributed by atoms with Gasteiger partial charge in [-0.05, 0) is 42.5 Å². The third kappa shape index (κ3) is 4.23. The Hall–Kier alpha value is -1.03. The summed E-state index contributed by atoms with van der Waals surface area (Å²) in [5, 5.41) is 2.59. The number of aryl methyl sites for hydroxylation is 2. The van der Waals surface area contributed by atoms with Gasteiger partial charge in [0.05, 0.1) is 0 Å². The standard InChI is InChI=1S/C15H22F3N/c1-4-9-19-14(15(16,17)18)13-8-7-11(5-2)12(6-3)10-13/h7-8,10,14,19H,4-6,9H2,1-3H3. The summed E-state index contributed by atoms with van der Waals surface area (Å²) in [5.74, 6) is 0. The van der Waals surface area contributed by atoms with E-state index in [-0.39, 0.29) is 0 Å². The molecule has 0 aromatic heterocycles. The maximum atomic E-state index is 13.1. The fourth-order valence-electron chi connectivity index (χ4n) is 2.21. The molecule has 19 heavy (non-hydrogen) atoms. The van der Waals surface area contributed by atoms with Crippen molar-refractivity contribution in [3.05, 3.63) is 34.9 Å². The molecule has 0 radical (unpaired) electrons. The van der Waals surface area contributed by atoms with Crippen molar-refractivity contribution in [3.8, 4) is 0 Å². The molecule has 0 saturated heterocycles. The predicted octanol–water partition coefficient (Wildman–Crippen LogP) is 4.41. The van der Waals surface area contributed by atoms with Crippen molar-refractivity contribution in [2.24, 2.45) is 0 Å². The largest absolute Gasteiger partial charge is 0.407 e. The summed E-state index contributed by atoms with van der Waals surface area (Å²) >= 11 is 0. The molecule has 0 spiro atoms. The van der Waals surface area contributed by atoms with Crippen LogP contribution in [0.1, 0.15) is 49.9 Å². The fraction of sp³-hybridized carbons (Fsp3) is 0.600. The van der Waals surface area contributed by atoms with Crippen molar-refractivity contribution < 1.29 is 13.2 Å². The van der Waals surface area contributed by atoms with Crippen LogP contribution >= 0.6 is 0 Å². The van der Waals surface area contributed by atoms with Crippen LogP contribution < -0.4 is 5.32 Å². The van der Waals surface area contributed by atoms with Gasteiger partial charge in [-0.15, -0.1) is 0 Å². The lowest BCUT2D eigenvalue weighted by molar-refractivity contribution is -0.157. The van der Waals surface area contributed by atoms with Crippen LogP contribution in [0.15, 0.2) is 18.2 Å². The maximum Gasteiger partial charge on any atom is 0.407 e. The zero-order valence-corrected chi connectivity index (χ0v) is 11.8. The summed E-state index contributed by atoms with van der Waals surface area (Å²) in [4.78, 5) is 0. The SMILES string of the molecule is CCCNC(c1ccc(CC)c(CC)c1)C(F)(F)F. The quantitative estimate of drug-likeness (QED) is 0.809. The minimum atomic E-state index is -4.26. The Balaban J connectivity index is 3.08. The first kappa shape index (κ1) is 16.0. The number of halogens is 3. The third-order valence-electron chi connectivity index (χ3n) is 3.25. The zero-order valence-electron chi connectivity index (χ0n) is 11.8. The molecular weight excluding hydrogens is 251 g/mol. The van der Waals surface area contributed by atoms with Crippen molar-refractivity contribution in [1.29, 1.82) is 0 Å².